The average Bonchev–Trinajstić information content (AvgIpc) is 3.11. The molecule has 2 fully saturated rings. The summed E-state index contributed by atoms with van der Waals surface area (Å²) in [6, 6.07) is -2.19. The Balaban J connectivity index is 2.03. The van der Waals surface area contributed by atoms with E-state index in [1.54, 1.807) is 13.8 Å². The van der Waals surface area contributed by atoms with Crippen molar-refractivity contribution in [3.63, 3.8) is 0 Å². The maximum atomic E-state index is 12.3. The lowest BCUT2D eigenvalue weighted by Crippen LogP contribution is -2.47. The van der Waals surface area contributed by atoms with Crippen LogP contribution in [-0.2, 0) is 38.2 Å². The highest BCUT2D eigenvalue weighted by Gasteiger charge is 2.45. The fourth-order valence-corrected chi connectivity index (χ4v) is 5.64. The van der Waals surface area contributed by atoms with E-state index in [0.717, 1.165) is 31.4 Å². The molecule has 2 aliphatic rings. The molecule has 0 aromatic heterocycles. The second-order valence-corrected chi connectivity index (χ2v) is 9.61. The first-order valence-electron chi connectivity index (χ1n) is 9.25. The van der Waals surface area contributed by atoms with Gasteiger partial charge in [0.05, 0.1) is 14.2 Å². The molecule has 4 atom stereocenters. The molecule has 4 amide bonds. The van der Waals surface area contributed by atoms with Crippen molar-refractivity contribution in [2.45, 2.75) is 38.8 Å². The Morgan fingerprint density at radius 3 is 1.40 bits per heavy atom. The number of carbonyl (C=O) groups is 6. The highest BCUT2D eigenvalue weighted by atomic mass is 33.1. The van der Waals surface area contributed by atoms with Crippen LogP contribution in [0.3, 0.4) is 0 Å². The minimum absolute atomic E-state index is 0.0337. The van der Waals surface area contributed by atoms with Gasteiger partial charge < -0.3 is 9.47 Å². The highest BCUT2D eigenvalue weighted by molar-refractivity contribution is 8.76. The third-order valence-electron chi connectivity index (χ3n) is 4.92. The van der Waals surface area contributed by atoms with Gasteiger partial charge in [-0.2, -0.15) is 0 Å². The van der Waals surface area contributed by atoms with Gasteiger partial charge in [0.1, 0.15) is 12.1 Å². The molecule has 0 bridgehead atoms. The standard InChI is InChI=1S/C18H24N2O8S2/c1-9-5-13(21)19(15(9)23)11(17(25)27-3)7-29-30-8-12(18(26)28-4)20-14(22)6-10(2)16(20)24/h9-12H,5-8H2,1-4H3/t9-,10-,11-,12-/m1/s1. The molecule has 2 heterocycles. The molecule has 0 aromatic carbocycles. The molecular weight excluding hydrogens is 436 g/mol. The van der Waals surface area contributed by atoms with E-state index >= 15 is 0 Å². The molecule has 0 radical (unpaired) electrons. The zero-order valence-corrected chi connectivity index (χ0v) is 18.7. The fourth-order valence-electron chi connectivity index (χ4n) is 3.26. The SMILES string of the molecule is COC(=O)[C@@H](CSSC[C@H](C(=O)OC)N1C(=O)C[C@@H](C)C1=O)N1C(=O)C[C@@H](C)C1=O. The predicted octanol–water partition coefficient (Wildman–Crippen LogP) is 0.241. The molecule has 10 nitrogen and oxygen atoms in total. The minimum Gasteiger partial charge on any atom is -0.467 e. The summed E-state index contributed by atoms with van der Waals surface area (Å²) in [5.41, 5.74) is 0. The molecule has 2 rings (SSSR count). The summed E-state index contributed by atoms with van der Waals surface area (Å²) in [7, 11) is 4.59. The summed E-state index contributed by atoms with van der Waals surface area (Å²) >= 11 is 0. The molecule has 30 heavy (non-hydrogen) atoms. The first kappa shape index (κ1) is 24.2. The van der Waals surface area contributed by atoms with Gasteiger partial charge in [0.15, 0.2) is 0 Å². The number of carbonyl (C=O) groups excluding carboxylic acids is 6. The first-order chi connectivity index (χ1) is 14.1. The number of methoxy groups -OCH3 is 2. The second-order valence-electron chi connectivity index (χ2n) is 7.06. The summed E-state index contributed by atoms with van der Waals surface area (Å²) < 4.78 is 9.46. The lowest BCUT2D eigenvalue weighted by Gasteiger charge is -2.25. The summed E-state index contributed by atoms with van der Waals surface area (Å²) in [5.74, 6) is -4.12. The Morgan fingerprint density at radius 2 is 1.17 bits per heavy atom. The van der Waals surface area contributed by atoms with Crippen LogP contribution in [0.5, 0.6) is 0 Å². The van der Waals surface area contributed by atoms with Crippen LogP contribution in [0, 0.1) is 11.8 Å². The van der Waals surface area contributed by atoms with Crippen molar-refractivity contribution in [1.29, 1.82) is 0 Å². The minimum atomic E-state index is -1.09. The summed E-state index contributed by atoms with van der Waals surface area (Å²) in [4.78, 5) is 75.0. The van der Waals surface area contributed by atoms with Crippen LogP contribution in [0.1, 0.15) is 26.7 Å². The number of hydrogen-bond donors (Lipinski definition) is 0. The average molecular weight is 461 g/mol. The van der Waals surface area contributed by atoms with Crippen LogP contribution in [0.25, 0.3) is 0 Å². The third kappa shape index (κ3) is 4.97. The Bertz CT molecular complexity index is 696. The van der Waals surface area contributed by atoms with Crippen molar-refractivity contribution in [2.75, 3.05) is 25.7 Å². The molecule has 2 saturated heterocycles. The van der Waals surface area contributed by atoms with E-state index in [1.807, 2.05) is 0 Å². The van der Waals surface area contributed by atoms with Gasteiger partial charge in [-0.25, -0.2) is 9.59 Å². The maximum absolute atomic E-state index is 12.3. The van der Waals surface area contributed by atoms with Gasteiger partial charge in [0, 0.05) is 36.2 Å². The molecular formula is C18H24N2O8S2. The summed E-state index contributed by atoms with van der Waals surface area (Å²) in [5, 5.41) is 0. The van der Waals surface area contributed by atoms with Crippen molar-refractivity contribution < 1.29 is 38.2 Å². The number of nitrogens with zero attached hydrogens (tertiary/aromatic N) is 2. The van der Waals surface area contributed by atoms with E-state index in [-0.39, 0.29) is 24.3 Å². The van der Waals surface area contributed by atoms with E-state index in [9.17, 15) is 28.8 Å². The molecule has 0 unspecified atom stereocenters. The number of hydrogen-bond acceptors (Lipinski definition) is 10. The molecule has 166 valence electrons. The van der Waals surface area contributed by atoms with Crippen LogP contribution >= 0.6 is 21.6 Å². The van der Waals surface area contributed by atoms with Crippen LogP contribution in [0.4, 0.5) is 0 Å². The van der Waals surface area contributed by atoms with Crippen LogP contribution in [0.15, 0.2) is 0 Å². The fraction of sp³-hybridized carbons (Fsp3) is 0.667. The van der Waals surface area contributed by atoms with Gasteiger partial charge >= 0.3 is 11.9 Å². The van der Waals surface area contributed by atoms with E-state index in [4.69, 9.17) is 9.47 Å². The third-order valence-corrected chi connectivity index (χ3v) is 7.31. The van der Waals surface area contributed by atoms with E-state index in [2.05, 4.69) is 0 Å². The normalized spacial score (nSPS) is 23.7. The molecule has 2 aliphatic heterocycles. The topological polar surface area (TPSA) is 127 Å². The van der Waals surface area contributed by atoms with Gasteiger partial charge in [-0.05, 0) is 0 Å². The lowest BCUT2D eigenvalue weighted by molar-refractivity contribution is -0.155. The van der Waals surface area contributed by atoms with Crippen molar-refractivity contribution in [1.82, 2.24) is 9.80 Å². The number of rotatable bonds is 9. The predicted molar refractivity (Wildman–Crippen MR) is 108 cm³/mol. The van der Waals surface area contributed by atoms with Crippen molar-refractivity contribution >= 4 is 57.2 Å². The lowest BCUT2D eigenvalue weighted by atomic mass is 10.1. The molecule has 0 aromatic rings. The van der Waals surface area contributed by atoms with Crippen molar-refractivity contribution in [2.24, 2.45) is 11.8 Å². The van der Waals surface area contributed by atoms with E-state index in [0.29, 0.717) is 0 Å². The molecule has 12 heteroatoms. The largest absolute Gasteiger partial charge is 0.467 e. The highest BCUT2D eigenvalue weighted by Crippen LogP contribution is 2.31. The van der Waals surface area contributed by atoms with E-state index in [1.165, 1.54) is 14.2 Å². The number of likely N-dealkylation sites (tertiary alicyclic amines) is 2. The quantitative estimate of drug-likeness (QED) is 0.204. The Labute approximate surface area is 181 Å². The molecule has 0 spiro atoms. The smallest absolute Gasteiger partial charge is 0.329 e. The van der Waals surface area contributed by atoms with E-state index < -0.39 is 59.5 Å². The van der Waals surface area contributed by atoms with Crippen LogP contribution in [-0.4, -0.2) is 83.2 Å². The van der Waals surface area contributed by atoms with Gasteiger partial charge in [0.25, 0.3) is 0 Å². The monoisotopic (exact) mass is 460 g/mol. The number of amides is 4. The first-order valence-corrected chi connectivity index (χ1v) is 11.7. The number of ether oxygens (including phenoxy) is 2. The van der Waals surface area contributed by atoms with Crippen LogP contribution in [0.2, 0.25) is 0 Å². The van der Waals surface area contributed by atoms with Gasteiger partial charge in [-0.15, -0.1) is 0 Å². The Kier molecular flexibility index (Phi) is 8.30. The zero-order valence-electron chi connectivity index (χ0n) is 17.1. The maximum Gasteiger partial charge on any atom is 0.329 e. The van der Waals surface area contributed by atoms with Crippen molar-refractivity contribution in [3.05, 3.63) is 0 Å². The van der Waals surface area contributed by atoms with Gasteiger partial charge in [-0.1, -0.05) is 35.4 Å². The van der Waals surface area contributed by atoms with Crippen molar-refractivity contribution in [3.8, 4) is 0 Å². The summed E-state index contributed by atoms with van der Waals surface area (Å²) in [6.45, 7) is 3.23. The molecule has 0 aliphatic carbocycles. The Hall–Kier alpha value is -2.08. The van der Waals surface area contributed by atoms with Gasteiger partial charge in [0.2, 0.25) is 23.6 Å². The molecule has 0 N–H and O–H groups in total. The number of imide groups is 2. The Morgan fingerprint density at radius 1 is 0.833 bits per heavy atom. The summed E-state index contributed by atoms with van der Waals surface area (Å²) in [6.07, 6.45) is 0.0673. The van der Waals surface area contributed by atoms with Crippen LogP contribution < -0.4 is 0 Å². The van der Waals surface area contributed by atoms with Gasteiger partial charge in [-0.3, -0.25) is 29.0 Å². The molecule has 0 saturated carbocycles. The zero-order chi connectivity index (χ0) is 22.6. The number of esters is 2. The second kappa shape index (κ2) is 10.3.